The summed E-state index contributed by atoms with van der Waals surface area (Å²) >= 11 is 0. The second-order valence-corrected chi connectivity index (χ2v) is 6.61. The third-order valence-electron chi connectivity index (χ3n) is 5.22. The topological polar surface area (TPSA) is 24.5 Å². The Hall–Kier alpha value is -0.120. The molecule has 0 aromatic heterocycles. The summed E-state index contributed by atoms with van der Waals surface area (Å²) < 4.78 is 5.77. The monoisotopic (exact) mass is 268 g/mol. The van der Waals surface area contributed by atoms with Crippen LogP contribution in [0.4, 0.5) is 0 Å². The number of hydrogen-bond acceptors (Lipinski definition) is 3. The summed E-state index contributed by atoms with van der Waals surface area (Å²) in [4.78, 5) is 2.50. The van der Waals surface area contributed by atoms with E-state index in [0.717, 1.165) is 19.8 Å². The molecule has 0 aromatic rings. The molecule has 0 bridgehead atoms. The van der Waals surface area contributed by atoms with Crippen molar-refractivity contribution in [2.24, 2.45) is 5.92 Å². The van der Waals surface area contributed by atoms with E-state index in [9.17, 15) is 0 Å². The standard InChI is InChI=1S/C16H32N2O/c1-4-11-17-15(14-8-7-12-19-13-14)16(18(2)3)9-5-6-10-16/h14-15,17H,4-13H2,1-3H3. The normalized spacial score (nSPS) is 28.7. The van der Waals surface area contributed by atoms with Gasteiger partial charge in [-0.25, -0.2) is 0 Å². The number of rotatable bonds is 6. The third-order valence-corrected chi connectivity index (χ3v) is 5.22. The quantitative estimate of drug-likeness (QED) is 0.801. The molecule has 1 saturated heterocycles. The van der Waals surface area contributed by atoms with Gasteiger partial charge in [0.1, 0.15) is 0 Å². The fourth-order valence-corrected chi connectivity index (χ4v) is 4.15. The molecule has 2 rings (SSSR count). The molecule has 0 radical (unpaired) electrons. The molecule has 112 valence electrons. The molecule has 2 atom stereocenters. The van der Waals surface area contributed by atoms with Gasteiger partial charge in [0, 0.05) is 18.2 Å². The Morgan fingerprint density at radius 3 is 2.53 bits per heavy atom. The zero-order chi connectivity index (χ0) is 13.7. The van der Waals surface area contributed by atoms with Crippen LogP contribution in [0, 0.1) is 5.92 Å². The van der Waals surface area contributed by atoms with Crippen LogP contribution in [-0.4, -0.2) is 50.3 Å². The Balaban J connectivity index is 2.13. The van der Waals surface area contributed by atoms with Gasteiger partial charge >= 0.3 is 0 Å². The van der Waals surface area contributed by atoms with E-state index in [1.807, 2.05) is 0 Å². The van der Waals surface area contributed by atoms with E-state index in [1.165, 1.54) is 44.9 Å². The Morgan fingerprint density at radius 2 is 2.00 bits per heavy atom. The van der Waals surface area contributed by atoms with E-state index < -0.39 is 0 Å². The smallest absolute Gasteiger partial charge is 0.0509 e. The van der Waals surface area contributed by atoms with Gasteiger partial charge < -0.3 is 15.0 Å². The molecule has 2 fully saturated rings. The van der Waals surface area contributed by atoms with E-state index in [0.29, 0.717) is 17.5 Å². The number of nitrogens with one attached hydrogen (secondary N) is 1. The maximum Gasteiger partial charge on any atom is 0.0509 e. The van der Waals surface area contributed by atoms with Crippen LogP contribution in [0.5, 0.6) is 0 Å². The highest BCUT2D eigenvalue weighted by molar-refractivity contribution is 5.04. The van der Waals surface area contributed by atoms with Crippen LogP contribution >= 0.6 is 0 Å². The number of likely N-dealkylation sites (N-methyl/N-ethyl adjacent to an activating group) is 1. The van der Waals surface area contributed by atoms with Crippen LogP contribution in [0.3, 0.4) is 0 Å². The van der Waals surface area contributed by atoms with Gasteiger partial charge in [0.25, 0.3) is 0 Å². The van der Waals surface area contributed by atoms with Crippen molar-refractivity contribution < 1.29 is 4.74 Å². The highest BCUT2D eigenvalue weighted by atomic mass is 16.5. The first-order chi connectivity index (χ1) is 9.20. The number of ether oxygens (including phenoxy) is 1. The maximum absolute atomic E-state index is 5.77. The first kappa shape index (κ1) is 15.3. The highest BCUT2D eigenvalue weighted by Gasteiger charge is 2.46. The molecule has 1 aliphatic carbocycles. The van der Waals surface area contributed by atoms with Crippen LogP contribution in [0.1, 0.15) is 51.9 Å². The zero-order valence-electron chi connectivity index (χ0n) is 13.1. The SMILES string of the molecule is CCCNC(C1CCCOC1)C1(N(C)C)CCCC1. The van der Waals surface area contributed by atoms with Crippen molar-refractivity contribution in [3.8, 4) is 0 Å². The van der Waals surface area contributed by atoms with Gasteiger partial charge in [0.15, 0.2) is 0 Å². The number of hydrogen-bond donors (Lipinski definition) is 1. The lowest BCUT2D eigenvalue weighted by Crippen LogP contribution is -2.61. The second-order valence-electron chi connectivity index (χ2n) is 6.61. The summed E-state index contributed by atoms with van der Waals surface area (Å²) in [6, 6.07) is 0.602. The van der Waals surface area contributed by atoms with Crippen molar-refractivity contribution in [1.82, 2.24) is 10.2 Å². The molecule has 0 amide bonds. The minimum Gasteiger partial charge on any atom is -0.381 e. The van der Waals surface area contributed by atoms with Gasteiger partial charge in [0.2, 0.25) is 0 Å². The van der Waals surface area contributed by atoms with Crippen molar-refractivity contribution >= 4 is 0 Å². The molecule has 0 aromatic carbocycles. The molecular formula is C16H32N2O. The van der Waals surface area contributed by atoms with Gasteiger partial charge in [-0.2, -0.15) is 0 Å². The molecule has 2 aliphatic rings. The fraction of sp³-hybridized carbons (Fsp3) is 1.00. The van der Waals surface area contributed by atoms with E-state index in [4.69, 9.17) is 4.74 Å². The van der Waals surface area contributed by atoms with Crippen LogP contribution in [0.25, 0.3) is 0 Å². The van der Waals surface area contributed by atoms with Crippen molar-refractivity contribution in [3.63, 3.8) is 0 Å². The third kappa shape index (κ3) is 3.32. The highest BCUT2D eigenvalue weighted by Crippen LogP contribution is 2.40. The van der Waals surface area contributed by atoms with Crippen LogP contribution in [0.15, 0.2) is 0 Å². The summed E-state index contributed by atoms with van der Waals surface area (Å²) in [5.74, 6) is 0.695. The van der Waals surface area contributed by atoms with E-state index >= 15 is 0 Å². The Morgan fingerprint density at radius 1 is 1.26 bits per heavy atom. The van der Waals surface area contributed by atoms with Gasteiger partial charge in [-0.1, -0.05) is 19.8 Å². The van der Waals surface area contributed by atoms with Gasteiger partial charge in [-0.05, 0) is 58.7 Å². The molecule has 2 unspecified atom stereocenters. The average Bonchev–Trinajstić information content (AvgIpc) is 2.91. The lowest BCUT2D eigenvalue weighted by Gasteiger charge is -2.48. The molecule has 1 saturated carbocycles. The average molecular weight is 268 g/mol. The molecular weight excluding hydrogens is 236 g/mol. The van der Waals surface area contributed by atoms with Crippen molar-refractivity contribution in [1.29, 1.82) is 0 Å². The summed E-state index contributed by atoms with van der Waals surface area (Å²) in [6.45, 7) is 5.32. The van der Waals surface area contributed by atoms with Gasteiger partial charge in [-0.3, -0.25) is 0 Å². The van der Waals surface area contributed by atoms with Gasteiger partial charge in [-0.15, -0.1) is 0 Å². The Kier molecular flexibility index (Phi) is 5.67. The Bertz CT molecular complexity index is 255. The maximum atomic E-state index is 5.77. The number of nitrogens with zero attached hydrogens (tertiary/aromatic N) is 1. The largest absolute Gasteiger partial charge is 0.381 e. The summed E-state index contributed by atoms with van der Waals surface area (Å²) in [5, 5.41) is 3.88. The van der Waals surface area contributed by atoms with E-state index in [2.05, 4.69) is 31.2 Å². The lowest BCUT2D eigenvalue weighted by molar-refractivity contribution is -0.00475. The van der Waals surface area contributed by atoms with E-state index in [1.54, 1.807) is 0 Å². The van der Waals surface area contributed by atoms with Crippen molar-refractivity contribution in [3.05, 3.63) is 0 Å². The second kappa shape index (κ2) is 7.05. The molecule has 1 N–H and O–H groups in total. The molecule has 3 heteroatoms. The fourth-order valence-electron chi connectivity index (χ4n) is 4.15. The molecule has 0 spiro atoms. The van der Waals surface area contributed by atoms with Crippen LogP contribution in [-0.2, 0) is 4.74 Å². The Labute approximate surface area is 119 Å². The van der Waals surface area contributed by atoms with Crippen molar-refractivity contribution in [2.75, 3.05) is 33.9 Å². The van der Waals surface area contributed by atoms with Crippen LogP contribution in [0.2, 0.25) is 0 Å². The molecule has 1 aliphatic heterocycles. The first-order valence-electron chi connectivity index (χ1n) is 8.19. The molecule has 1 heterocycles. The molecule has 19 heavy (non-hydrogen) atoms. The first-order valence-corrected chi connectivity index (χ1v) is 8.19. The minimum atomic E-state index is 0.362. The van der Waals surface area contributed by atoms with Crippen LogP contribution < -0.4 is 5.32 Å². The predicted molar refractivity (Wildman–Crippen MR) is 80.5 cm³/mol. The van der Waals surface area contributed by atoms with Crippen molar-refractivity contribution in [2.45, 2.75) is 63.5 Å². The summed E-state index contributed by atoms with van der Waals surface area (Å²) in [5.41, 5.74) is 0.362. The summed E-state index contributed by atoms with van der Waals surface area (Å²) in [7, 11) is 4.55. The van der Waals surface area contributed by atoms with E-state index in [-0.39, 0.29) is 0 Å². The van der Waals surface area contributed by atoms with Gasteiger partial charge in [0.05, 0.1) is 6.61 Å². The minimum absolute atomic E-state index is 0.362. The molecule has 3 nitrogen and oxygen atoms in total. The zero-order valence-corrected chi connectivity index (χ0v) is 13.1. The predicted octanol–water partition coefficient (Wildman–Crippen LogP) is 2.66. The summed E-state index contributed by atoms with van der Waals surface area (Å²) in [6.07, 6.45) is 9.24. The lowest BCUT2D eigenvalue weighted by atomic mass is 9.77.